The number of hydrogen-bond acceptors (Lipinski definition) is 2. The molecule has 0 spiro atoms. The number of imidazole rings is 1. The van der Waals surface area contributed by atoms with Crippen LogP contribution in [0.2, 0.25) is 10.0 Å². The zero-order valence-electron chi connectivity index (χ0n) is 10.2. The summed E-state index contributed by atoms with van der Waals surface area (Å²) in [4.78, 5) is 4.59. The van der Waals surface area contributed by atoms with Crippen molar-refractivity contribution in [2.75, 3.05) is 5.73 Å². The molecule has 1 aromatic heterocycles. The third-order valence-electron chi connectivity index (χ3n) is 3.02. The first-order chi connectivity index (χ1) is 9.06. The highest BCUT2D eigenvalue weighted by atomic mass is 35.5. The number of nitrogens with two attached hydrogens (primary N) is 1. The fourth-order valence-corrected chi connectivity index (χ4v) is 2.76. The van der Waals surface area contributed by atoms with E-state index in [1.807, 2.05) is 41.9 Å². The number of aryl methyl sites for hydroxylation is 1. The third-order valence-corrected chi connectivity index (χ3v) is 3.55. The SMILES string of the molecule is Cn1c(-c2cc(N)cc(Cl)c2)nc2cccc(Cl)c21. The highest BCUT2D eigenvalue weighted by Crippen LogP contribution is 2.30. The smallest absolute Gasteiger partial charge is 0.141 e. The van der Waals surface area contributed by atoms with Crippen LogP contribution in [0.25, 0.3) is 22.4 Å². The number of rotatable bonds is 1. The van der Waals surface area contributed by atoms with Crippen LogP contribution in [0.5, 0.6) is 0 Å². The summed E-state index contributed by atoms with van der Waals surface area (Å²) in [5.41, 5.74) is 9.06. The van der Waals surface area contributed by atoms with E-state index in [-0.39, 0.29) is 0 Å². The predicted molar refractivity (Wildman–Crippen MR) is 80.6 cm³/mol. The molecule has 0 aliphatic rings. The van der Waals surface area contributed by atoms with Gasteiger partial charge in [0.2, 0.25) is 0 Å². The van der Waals surface area contributed by atoms with Crippen LogP contribution in [-0.2, 0) is 7.05 Å². The molecular formula is C14H11Cl2N3. The molecule has 3 rings (SSSR count). The minimum Gasteiger partial charge on any atom is -0.399 e. The largest absolute Gasteiger partial charge is 0.399 e. The lowest BCUT2D eigenvalue weighted by Gasteiger charge is -2.05. The molecule has 0 amide bonds. The van der Waals surface area contributed by atoms with Crippen molar-refractivity contribution in [1.82, 2.24) is 9.55 Å². The fraction of sp³-hybridized carbons (Fsp3) is 0.0714. The Morgan fingerprint density at radius 1 is 1.16 bits per heavy atom. The van der Waals surface area contributed by atoms with Crippen molar-refractivity contribution >= 4 is 39.9 Å². The van der Waals surface area contributed by atoms with Crippen molar-refractivity contribution in [2.24, 2.45) is 7.05 Å². The summed E-state index contributed by atoms with van der Waals surface area (Å²) in [5, 5.41) is 1.27. The van der Waals surface area contributed by atoms with Gasteiger partial charge in [0.1, 0.15) is 5.82 Å². The molecule has 5 heteroatoms. The van der Waals surface area contributed by atoms with Gasteiger partial charge in [-0.05, 0) is 30.3 Å². The number of para-hydroxylation sites is 1. The summed E-state index contributed by atoms with van der Waals surface area (Å²) in [6.45, 7) is 0. The number of aromatic nitrogens is 2. The fourth-order valence-electron chi connectivity index (χ4n) is 2.22. The van der Waals surface area contributed by atoms with E-state index in [9.17, 15) is 0 Å². The maximum atomic E-state index is 6.21. The lowest BCUT2D eigenvalue weighted by molar-refractivity contribution is 0.959. The molecule has 19 heavy (non-hydrogen) atoms. The number of fused-ring (bicyclic) bond motifs is 1. The molecule has 0 radical (unpaired) electrons. The van der Waals surface area contributed by atoms with E-state index >= 15 is 0 Å². The van der Waals surface area contributed by atoms with Gasteiger partial charge in [-0.2, -0.15) is 0 Å². The first-order valence-corrected chi connectivity index (χ1v) is 6.49. The van der Waals surface area contributed by atoms with E-state index in [1.54, 1.807) is 6.07 Å². The molecule has 0 bridgehead atoms. The number of anilines is 1. The molecule has 3 nitrogen and oxygen atoms in total. The molecule has 0 aliphatic carbocycles. The maximum Gasteiger partial charge on any atom is 0.141 e. The number of nitrogens with zero attached hydrogens (tertiary/aromatic N) is 2. The van der Waals surface area contributed by atoms with Crippen LogP contribution in [0.1, 0.15) is 0 Å². The third kappa shape index (κ3) is 2.05. The minimum atomic E-state index is 0.591. The van der Waals surface area contributed by atoms with Crippen LogP contribution in [-0.4, -0.2) is 9.55 Å². The molecule has 1 heterocycles. The molecule has 0 saturated heterocycles. The molecule has 0 atom stereocenters. The van der Waals surface area contributed by atoms with Gasteiger partial charge in [0.25, 0.3) is 0 Å². The number of benzene rings is 2. The average molecular weight is 292 g/mol. The van der Waals surface area contributed by atoms with E-state index in [0.717, 1.165) is 22.4 Å². The van der Waals surface area contributed by atoms with Gasteiger partial charge in [0.05, 0.1) is 16.1 Å². The Kier molecular flexibility index (Phi) is 2.88. The van der Waals surface area contributed by atoms with Gasteiger partial charge in [0.15, 0.2) is 0 Å². The highest BCUT2D eigenvalue weighted by Gasteiger charge is 2.12. The Bertz CT molecular complexity index is 757. The summed E-state index contributed by atoms with van der Waals surface area (Å²) >= 11 is 12.3. The van der Waals surface area contributed by atoms with Crippen LogP contribution in [0.4, 0.5) is 5.69 Å². The maximum absolute atomic E-state index is 6.21. The Labute approximate surface area is 120 Å². The molecule has 0 saturated carbocycles. The Morgan fingerprint density at radius 3 is 2.63 bits per heavy atom. The Hall–Kier alpha value is -1.71. The summed E-state index contributed by atoms with van der Waals surface area (Å²) in [6.07, 6.45) is 0. The monoisotopic (exact) mass is 291 g/mol. The second-order valence-corrected chi connectivity index (χ2v) is 5.22. The number of halogens is 2. The van der Waals surface area contributed by atoms with E-state index < -0.39 is 0 Å². The van der Waals surface area contributed by atoms with Crippen molar-refractivity contribution < 1.29 is 0 Å². The van der Waals surface area contributed by atoms with Crippen molar-refractivity contribution in [3.8, 4) is 11.4 Å². The van der Waals surface area contributed by atoms with Crippen LogP contribution in [0.15, 0.2) is 36.4 Å². The van der Waals surface area contributed by atoms with Gasteiger partial charge in [0, 0.05) is 23.3 Å². The molecule has 3 aromatic rings. The number of nitrogen functional groups attached to an aromatic ring is 1. The van der Waals surface area contributed by atoms with Crippen LogP contribution >= 0.6 is 23.2 Å². The first-order valence-electron chi connectivity index (χ1n) is 5.73. The van der Waals surface area contributed by atoms with Gasteiger partial charge in [-0.1, -0.05) is 29.3 Å². The quantitative estimate of drug-likeness (QED) is 0.685. The second kappa shape index (κ2) is 4.44. The summed E-state index contributed by atoms with van der Waals surface area (Å²) in [6, 6.07) is 11.1. The summed E-state index contributed by atoms with van der Waals surface area (Å²) in [7, 11) is 1.92. The van der Waals surface area contributed by atoms with Crippen molar-refractivity contribution in [3.63, 3.8) is 0 Å². The van der Waals surface area contributed by atoms with Crippen molar-refractivity contribution in [1.29, 1.82) is 0 Å². The van der Waals surface area contributed by atoms with E-state index in [4.69, 9.17) is 28.9 Å². The minimum absolute atomic E-state index is 0.591. The van der Waals surface area contributed by atoms with E-state index in [1.165, 1.54) is 0 Å². The normalized spacial score (nSPS) is 11.1. The van der Waals surface area contributed by atoms with Crippen molar-refractivity contribution in [3.05, 3.63) is 46.4 Å². The molecule has 2 N–H and O–H groups in total. The first kappa shape index (κ1) is 12.3. The molecule has 96 valence electrons. The van der Waals surface area contributed by atoms with Gasteiger partial charge < -0.3 is 10.3 Å². The standard InChI is InChI=1S/C14H11Cl2N3/c1-19-13-11(16)3-2-4-12(13)18-14(19)8-5-9(15)7-10(17)6-8/h2-7H,17H2,1H3. The molecule has 0 unspecified atom stereocenters. The molecule has 2 aromatic carbocycles. The van der Waals surface area contributed by atoms with Crippen molar-refractivity contribution in [2.45, 2.75) is 0 Å². The molecule has 0 fully saturated rings. The second-order valence-electron chi connectivity index (χ2n) is 4.38. The van der Waals surface area contributed by atoms with E-state index in [0.29, 0.717) is 15.7 Å². The van der Waals surface area contributed by atoms with E-state index in [2.05, 4.69) is 4.98 Å². The van der Waals surface area contributed by atoms with Gasteiger partial charge in [-0.3, -0.25) is 0 Å². The predicted octanol–water partition coefficient (Wildman–Crippen LogP) is 4.13. The Morgan fingerprint density at radius 2 is 1.95 bits per heavy atom. The zero-order chi connectivity index (χ0) is 13.6. The van der Waals surface area contributed by atoms with Gasteiger partial charge >= 0.3 is 0 Å². The average Bonchev–Trinajstić information content (AvgIpc) is 2.67. The lowest BCUT2D eigenvalue weighted by Crippen LogP contribution is -1.94. The van der Waals surface area contributed by atoms with Crippen LogP contribution in [0.3, 0.4) is 0 Å². The number of hydrogen-bond donors (Lipinski definition) is 1. The van der Waals surface area contributed by atoms with Gasteiger partial charge in [-0.25, -0.2) is 4.98 Å². The zero-order valence-corrected chi connectivity index (χ0v) is 11.7. The van der Waals surface area contributed by atoms with Gasteiger partial charge in [-0.15, -0.1) is 0 Å². The molecular weight excluding hydrogens is 281 g/mol. The Balaban J connectivity index is 2.31. The summed E-state index contributed by atoms with van der Waals surface area (Å²) in [5.74, 6) is 0.789. The van der Waals surface area contributed by atoms with Crippen LogP contribution in [0, 0.1) is 0 Å². The molecule has 0 aliphatic heterocycles. The summed E-state index contributed by atoms with van der Waals surface area (Å²) < 4.78 is 1.95. The van der Waals surface area contributed by atoms with Crippen LogP contribution < -0.4 is 5.73 Å². The lowest BCUT2D eigenvalue weighted by atomic mass is 10.2. The topological polar surface area (TPSA) is 43.8 Å². The highest BCUT2D eigenvalue weighted by molar-refractivity contribution is 6.35.